The maximum atomic E-state index is 10.9. The standard InChI is InChI=1S/C13H19NO2S/c1-10-5-3-4-6-11(10)12(14)9-17-8-7-13(15)16-2/h3-6,12H,7-9,14H2,1-2H3. The van der Waals surface area contributed by atoms with Crippen molar-refractivity contribution in [1.82, 2.24) is 0 Å². The summed E-state index contributed by atoms with van der Waals surface area (Å²) < 4.78 is 4.58. The smallest absolute Gasteiger partial charge is 0.306 e. The Morgan fingerprint density at radius 3 is 2.82 bits per heavy atom. The number of benzene rings is 1. The third kappa shape index (κ3) is 4.79. The molecule has 0 radical (unpaired) electrons. The Balaban J connectivity index is 2.33. The number of carbonyl (C=O) groups is 1. The van der Waals surface area contributed by atoms with E-state index in [1.807, 2.05) is 12.1 Å². The predicted octanol–water partition coefficient (Wildman–Crippen LogP) is 2.29. The number of thioether (sulfide) groups is 1. The van der Waals surface area contributed by atoms with Gasteiger partial charge in [0.05, 0.1) is 13.5 Å². The molecule has 0 aliphatic carbocycles. The first kappa shape index (κ1) is 14.1. The van der Waals surface area contributed by atoms with Gasteiger partial charge < -0.3 is 10.5 Å². The number of nitrogens with two attached hydrogens (primary N) is 1. The summed E-state index contributed by atoms with van der Waals surface area (Å²) in [6.07, 6.45) is 0.446. The summed E-state index contributed by atoms with van der Waals surface area (Å²) in [7, 11) is 1.41. The summed E-state index contributed by atoms with van der Waals surface area (Å²) in [6.45, 7) is 2.06. The van der Waals surface area contributed by atoms with Crippen LogP contribution in [0.25, 0.3) is 0 Å². The van der Waals surface area contributed by atoms with Crippen LogP contribution in [0.3, 0.4) is 0 Å². The highest BCUT2D eigenvalue weighted by Gasteiger charge is 2.08. The van der Waals surface area contributed by atoms with Gasteiger partial charge in [-0.05, 0) is 18.1 Å². The quantitative estimate of drug-likeness (QED) is 0.624. The molecule has 0 aromatic heterocycles. The molecule has 1 atom stereocenters. The van der Waals surface area contributed by atoms with E-state index in [2.05, 4.69) is 23.8 Å². The largest absolute Gasteiger partial charge is 0.469 e. The van der Waals surface area contributed by atoms with Gasteiger partial charge in [-0.1, -0.05) is 24.3 Å². The van der Waals surface area contributed by atoms with E-state index in [0.717, 1.165) is 11.5 Å². The van der Waals surface area contributed by atoms with Crippen LogP contribution in [0.2, 0.25) is 0 Å². The molecule has 1 aromatic carbocycles. The van der Waals surface area contributed by atoms with Crippen LogP contribution in [0.4, 0.5) is 0 Å². The Kier molecular flexibility index (Phi) is 6.08. The lowest BCUT2D eigenvalue weighted by atomic mass is 10.0. The van der Waals surface area contributed by atoms with Crippen molar-refractivity contribution in [3.63, 3.8) is 0 Å². The molecule has 0 saturated heterocycles. The molecular formula is C13H19NO2S. The Labute approximate surface area is 107 Å². The van der Waals surface area contributed by atoms with Crippen molar-refractivity contribution in [3.8, 4) is 0 Å². The molecule has 0 amide bonds. The molecule has 0 aliphatic rings. The average Bonchev–Trinajstić information content (AvgIpc) is 2.34. The lowest BCUT2D eigenvalue weighted by Crippen LogP contribution is -2.15. The third-order valence-electron chi connectivity index (χ3n) is 2.56. The van der Waals surface area contributed by atoms with Crippen LogP contribution in [0, 0.1) is 6.92 Å². The topological polar surface area (TPSA) is 52.3 Å². The number of hydrogen-bond acceptors (Lipinski definition) is 4. The summed E-state index contributed by atoms with van der Waals surface area (Å²) in [5.74, 6) is 1.41. The SMILES string of the molecule is COC(=O)CCSCC(N)c1ccccc1C. The molecule has 0 saturated carbocycles. The fourth-order valence-electron chi connectivity index (χ4n) is 1.56. The second-order valence-electron chi connectivity index (χ2n) is 3.86. The molecule has 94 valence electrons. The van der Waals surface area contributed by atoms with Gasteiger partial charge in [0.2, 0.25) is 0 Å². The van der Waals surface area contributed by atoms with Gasteiger partial charge in [0.1, 0.15) is 0 Å². The van der Waals surface area contributed by atoms with E-state index in [4.69, 9.17) is 5.73 Å². The molecule has 0 fully saturated rings. The minimum absolute atomic E-state index is 0.0267. The zero-order valence-electron chi connectivity index (χ0n) is 10.3. The molecule has 2 N–H and O–H groups in total. The van der Waals surface area contributed by atoms with E-state index in [9.17, 15) is 4.79 Å². The zero-order chi connectivity index (χ0) is 12.7. The monoisotopic (exact) mass is 253 g/mol. The number of aryl methyl sites for hydroxylation is 1. The van der Waals surface area contributed by atoms with E-state index >= 15 is 0 Å². The number of rotatable bonds is 6. The van der Waals surface area contributed by atoms with Crippen molar-refractivity contribution < 1.29 is 9.53 Å². The van der Waals surface area contributed by atoms with Crippen LogP contribution in [0.5, 0.6) is 0 Å². The molecular weight excluding hydrogens is 234 g/mol. The maximum Gasteiger partial charge on any atom is 0.306 e. The third-order valence-corrected chi connectivity index (χ3v) is 3.65. The summed E-state index contributed by atoms with van der Waals surface area (Å²) in [6, 6.07) is 8.16. The van der Waals surface area contributed by atoms with Crippen LogP contribution < -0.4 is 5.73 Å². The van der Waals surface area contributed by atoms with Crippen LogP contribution in [-0.2, 0) is 9.53 Å². The highest BCUT2D eigenvalue weighted by atomic mass is 32.2. The molecule has 3 nitrogen and oxygen atoms in total. The number of methoxy groups -OCH3 is 1. The van der Waals surface area contributed by atoms with E-state index in [-0.39, 0.29) is 12.0 Å². The maximum absolute atomic E-state index is 10.9. The van der Waals surface area contributed by atoms with E-state index < -0.39 is 0 Å². The van der Waals surface area contributed by atoms with E-state index in [0.29, 0.717) is 6.42 Å². The summed E-state index contributed by atoms with van der Waals surface area (Å²) in [5.41, 5.74) is 8.50. The van der Waals surface area contributed by atoms with Crippen LogP contribution in [0.15, 0.2) is 24.3 Å². The summed E-state index contributed by atoms with van der Waals surface area (Å²) in [4.78, 5) is 10.9. The lowest BCUT2D eigenvalue weighted by Gasteiger charge is -2.13. The van der Waals surface area contributed by atoms with Gasteiger partial charge in [-0.15, -0.1) is 0 Å². The molecule has 0 aliphatic heterocycles. The lowest BCUT2D eigenvalue weighted by molar-refractivity contribution is -0.140. The van der Waals surface area contributed by atoms with Gasteiger partial charge in [0.25, 0.3) is 0 Å². The van der Waals surface area contributed by atoms with Crippen LogP contribution in [0.1, 0.15) is 23.6 Å². The van der Waals surface area contributed by atoms with Gasteiger partial charge in [-0.25, -0.2) is 0 Å². The minimum atomic E-state index is -0.165. The zero-order valence-corrected chi connectivity index (χ0v) is 11.1. The first-order chi connectivity index (χ1) is 8.15. The number of hydrogen-bond donors (Lipinski definition) is 1. The van der Waals surface area contributed by atoms with Crippen molar-refractivity contribution in [3.05, 3.63) is 35.4 Å². The van der Waals surface area contributed by atoms with Crippen LogP contribution >= 0.6 is 11.8 Å². The van der Waals surface area contributed by atoms with Crippen molar-refractivity contribution in [2.45, 2.75) is 19.4 Å². The van der Waals surface area contributed by atoms with Crippen molar-refractivity contribution in [2.24, 2.45) is 5.73 Å². The average molecular weight is 253 g/mol. The van der Waals surface area contributed by atoms with Gasteiger partial charge >= 0.3 is 5.97 Å². The van der Waals surface area contributed by atoms with Gasteiger partial charge in [-0.3, -0.25) is 4.79 Å². The molecule has 0 spiro atoms. The fraction of sp³-hybridized carbons (Fsp3) is 0.462. The fourth-order valence-corrected chi connectivity index (χ4v) is 2.47. The molecule has 0 heterocycles. The summed E-state index contributed by atoms with van der Waals surface area (Å²) in [5, 5.41) is 0. The molecule has 4 heteroatoms. The molecule has 17 heavy (non-hydrogen) atoms. The van der Waals surface area contributed by atoms with E-state index in [1.54, 1.807) is 11.8 Å². The first-order valence-electron chi connectivity index (χ1n) is 5.61. The van der Waals surface area contributed by atoms with Crippen molar-refractivity contribution >= 4 is 17.7 Å². The second-order valence-corrected chi connectivity index (χ2v) is 5.01. The number of esters is 1. The van der Waals surface area contributed by atoms with Gasteiger partial charge in [0.15, 0.2) is 0 Å². The Morgan fingerprint density at radius 2 is 2.18 bits per heavy atom. The van der Waals surface area contributed by atoms with Crippen LogP contribution in [-0.4, -0.2) is 24.6 Å². The van der Waals surface area contributed by atoms with Crippen molar-refractivity contribution in [2.75, 3.05) is 18.6 Å². The van der Waals surface area contributed by atoms with Gasteiger partial charge in [0, 0.05) is 17.5 Å². The Hall–Kier alpha value is -1.00. The highest BCUT2D eigenvalue weighted by molar-refractivity contribution is 7.99. The highest BCUT2D eigenvalue weighted by Crippen LogP contribution is 2.19. The molecule has 0 bridgehead atoms. The normalized spacial score (nSPS) is 12.2. The van der Waals surface area contributed by atoms with Gasteiger partial charge in [-0.2, -0.15) is 11.8 Å². The summed E-state index contributed by atoms with van der Waals surface area (Å²) >= 11 is 1.68. The minimum Gasteiger partial charge on any atom is -0.469 e. The molecule has 1 rings (SSSR count). The van der Waals surface area contributed by atoms with E-state index in [1.165, 1.54) is 18.2 Å². The Bertz CT molecular complexity index is 368. The van der Waals surface area contributed by atoms with Crippen molar-refractivity contribution in [1.29, 1.82) is 0 Å². The molecule has 1 aromatic rings. The molecule has 1 unspecified atom stereocenters. The number of carbonyl (C=O) groups excluding carboxylic acids is 1. The first-order valence-corrected chi connectivity index (χ1v) is 6.76. The predicted molar refractivity (Wildman–Crippen MR) is 72.1 cm³/mol. The second kappa shape index (κ2) is 7.35. The number of ether oxygens (including phenoxy) is 1. The Morgan fingerprint density at radius 1 is 1.47 bits per heavy atom.